The first-order valence-electron chi connectivity index (χ1n) is 10.1. The van der Waals surface area contributed by atoms with Crippen LogP contribution in [0, 0.1) is 6.92 Å². The second-order valence-electron chi connectivity index (χ2n) is 7.17. The molecule has 0 saturated carbocycles. The molecule has 0 unspecified atom stereocenters. The van der Waals surface area contributed by atoms with Gasteiger partial charge < -0.3 is 14.2 Å². The Labute approximate surface area is 209 Å². The fourth-order valence-electron chi connectivity index (χ4n) is 3.21. The number of methoxy groups -OCH3 is 3. The maximum absolute atomic E-state index is 12.4. The van der Waals surface area contributed by atoms with Gasteiger partial charge in [-0.3, -0.25) is 30.5 Å². The van der Waals surface area contributed by atoms with Gasteiger partial charge in [0.1, 0.15) is 22.1 Å². The molecule has 2 N–H and O–H groups in total. The fraction of sp³-hybridized carbons (Fsp3) is 0.304. The lowest BCUT2D eigenvalue weighted by Gasteiger charge is -2.24. The van der Waals surface area contributed by atoms with Crippen LogP contribution in [-0.2, 0) is 9.59 Å². The van der Waals surface area contributed by atoms with Gasteiger partial charge in [-0.1, -0.05) is 42.6 Å². The number of hydrogen-bond donors (Lipinski definition) is 2. The molecule has 0 spiro atoms. The van der Waals surface area contributed by atoms with Crippen molar-refractivity contribution in [2.24, 2.45) is 0 Å². The molecule has 0 fully saturated rings. The van der Waals surface area contributed by atoms with Gasteiger partial charge in [0.05, 0.1) is 32.5 Å². The number of ether oxygens (including phenoxy) is 3. The van der Waals surface area contributed by atoms with Crippen LogP contribution in [0.1, 0.15) is 23.1 Å². The van der Waals surface area contributed by atoms with Crippen LogP contribution in [0.3, 0.4) is 0 Å². The van der Waals surface area contributed by atoms with Crippen LogP contribution in [0.2, 0.25) is 0 Å². The van der Waals surface area contributed by atoms with Crippen molar-refractivity contribution in [1.82, 2.24) is 20.9 Å². The summed E-state index contributed by atoms with van der Waals surface area (Å²) < 4.78 is 16.1. The monoisotopic (exact) mass is 504 g/mol. The minimum absolute atomic E-state index is 0.286. The SMILES string of the molecule is COc1cccc(C(=S)N(C)NC(=O)CC(=O)NN(C)C(=S)c2cccc(C)c2OC)c1OC. The van der Waals surface area contributed by atoms with Crippen molar-refractivity contribution in [1.29, 1.82) is 0 Å². The van der Waals surface area contributed by atoms with Gasteiger partial charge in [-0.05, 0) is 30.7 Å². The van der Waals surface area contributed by atoms with E-state index < -0.39 is 18.2 Å². The molecular formula is C23H28N4O5S2. The van der Waals surface area contributed by atoms with Gasteiger partial charge in [0.25, 0.3) is 0 Å². The first-order chi connectivity index (χ1) is 16.1. The van der Waals surface area contributed by atoms with Crippen LogP contribution in [0.5, 0.6) is 17.2 Å². The number of benzene rings is 2. The van der Waals surface area contributed by atoms with Gasteiger partial charge in [-0.15, -0.1) is 0 Å². The summed E-state index contributed by atoms with van der Waals surface area (Å²) in [6.07, 6.45) is -0.444. The second-order valence-corrected chi connectivity index (χ2v) is 7.95. The van der Waals surface area contributed by atoms with Crippen LogP contribution in [-0.4, -0.2) is 67.2 Å². The minimum Gasteiger partial charge on any atom is -0.496 e. The molecule has 0 aliphatic carbocycles. The molecule has 0 atom stereocenters. The van der Waals surface area contributed by atoms with E-state index in [1.165, 1.54) is 24.2 Å². The van der Waals surface area contributed by atoms with E-state index in [1.807, 2.05) is 19.1 Å². The fourth-order valence-corrected chi connectivity index (χ4v) is 3.62. The van der Waals surface area contributed by atoms with E-state index in [1.54, 1.807) is 45.5 Å². The van der Waals surface area contributed by atoms with Crippen LogP contribution in [0.25, 0.3) is 0 Å². The van der Waals surface area contributed by atoms with Gasteiger partial charge in [0.15, 0.2) is 11.5 Å². The first-order valence-corrected chi connectivity index (χ1v) is 11.0. The number of para-hydroxylation sites is 2. The zero-order chi connectivity index (χ0) is 25.4. The van der Waals surface area contributed by atoms with Crippen molar-refractivity contribution in [3.63, 3.8) is 0 Å². The number of nitrogens with one attached hydrogen (secondary N) is 2. The summed E-state index contributed by atoms with van der Waals surface area (Å²) in [5, 5.41) is 2.71. The van der Waals surface area contributed by atoms with Crippen molar-refractivity contribution < 1.29 is 23.8 Å². The molecule has 9 nitrogen and oxygen atoms in total. The second kappa shape index (κ2) is 12.1. The quantitative estimate of drug-likeness (QED) is 0.335. The maximum atomic E-state index is 12.4. The highest BCUT2D eigenvalue weighted by atomic mass is 32.1. The molecule has 2 aromatic rings. The zero-order valence-corrected chi connectivity index (χ0v) is 21.6. The zero-order valence-electron chi connectivity index (χ0n) is 19.9. The molecule has 0 radical (unpaired) electrons. The topological polar surface area (TPSA) is 92.4 Å². The molecule has 0 aliphatic rings. The number of aryl methyl sites for hydroxylation is 1. The molecule has 182 valence electrons. The molecule has 0 aromatic heterocycles. The summed E-state index contributed by atoms with van der Waals surface area (Å²) in [6, 6.07) is 10.8. The van der Waals surface area contributed by atoms with Crippen LogP contribution in [0.15, 0.2) is 36.4 Å². The predicted molar refractivity (Wildman–Crippen MR) is 137 cm³/mol. The Balaban J connectivity index is 1.99. The molecule has 34 heavy (non-hydrogen) atoms. The smallest absolute Gasteiger partial charge is 0.248 e. The molecule has 0 aliphatic heterocycles. The summed E-state index contributed by atoms with van der Waals surface area (Å²) in [4.78, 5) is 25.5. The highest BCUT2D eigenvalue weighted by molar-refractivity contribution is 7.81. The van der Waals surface area contributed by atoms with Crippen LogP contribution >= 0.6 is 24.4 Å². The number of thiocarbonyl (C=S) groups is 2. The van der Waals surface area contributed by atoms with E-state index in [0.29, 0.717) is 33.4 Å². The van der Waals surface area contributed by atoms with Gasteiger partial charge in [0, 0.05) is 14.1 Å². The van der Waals surface area contributed by atoms with E-state index in [4.69, 9.17) is 38.6 Å². The highest BCUT2D eigenvalue weighted by Gasteiger charge is 2.20. The number of rotatable bonds is 7. The van der Waals surface area contributed by atoms with Crippen molar-refractivity contribution in [2.45, 2.75) is 13.3 Å². The van der Waals surface area contributed by atoms with Crippen molar-refractivity contribution in [2.75, 3.05) is 35.4 Å². The van der Waals surface area contributed by atoms with Crippen LogP contribution in [0.4, 0.5) is 0 Å². The van der Waals surface area contributed by atoms with Gasteiger partial charge in [-0.25, -0.2) is 0 Å². The lowest BCUT2D eigenvalue weighted by Crippen LogP contribution is -2.47. The summed E-state index contributed by atoms with van der Waals surface area (Å²) >= 11 is 10.9. The summed E-state index contributed by atoms with van der Waals surface area (Å²) in [7, 11) is 7.74. The Bertz CT molecular complexity index is 1090. The maximum Gasteiger partial charge on any atom is 0.248 e. The Morgan fingerprint density at radius 1 is 0.794 bits per heavy atom. The third-order valence-electron chi connectivity index (χ3n) is 4.79. The third kappa shape index (κ3) is 6.33. The average molecular weight is 505 g/mol. The summed E-state index contributed by atoms with van der Waals surface area (Å²) in [5.74, 6) is 0.458. The Morgan fingerprint density at radius 3 is 1.74 bits per heavy atom. The summed E-state index contributed by atoms with van der Waals surface area (Å²) in [5.41, 5.74) is 7.30. The third-order valence-corrected chi connectivity index (χ3v) is 5.78. The molecule has 0 heterocycles. The Hall–Kier alpha value is -3.44. The Kier molecular flexibility index (Phi) is 9.58. The van der Waals surface area contributed by atoms with Crippen molar-refractivity contribution >= 4 is 46.2 Å². The van der Waals surface area contributed by atoms with E-state index in [2.05, 4.69) is 10.9 Å². The Morgan fingerprint density at radius 2 is 1.26 bits per heavy atom. The van der Waals surface area contributed by atoms with Crippen molar-refractivity contribution in [3.8, 4) is 17.2 Å². The largest absolute Gasteiger partial charge is 0.496 e. The minimum atomic E-state index is -0.559. The van der Waals surface area contributed by atoms with Gasteiger partial charge >= 0.3 is 0 Å². The lowest BCUT2D eigenvalue weighted by atomic mass is 10.1. The van der Waals surface area contributed by atoms with E-state index >= 15 is 0 Å². The number of amides is 2. The molecule has 0 bridgehead atoms. The highest BCUT2D eigenvalue weighted by Crippen LogP contribution is 2.31. The van der Waals surface area contributed by atoms with E-state index in [9.17, 15) is 9.59 Å². The van der Waals surface area contributed by atoms with Crippen LogP contribution < -0.4 is 25.1 Å². The number of hydrogen-bond acceptors (Lipinski definition) is 7. The lowest BCUT2D eigenvalue weighted by molar-refractivity contribution is -0.132. The van der Waals surface area contributed by atoms with Gasteiger partial charge in [-0.2, -0.15) is 0 Å². The molecule has 2 aromatic carbocycles. The van der Waals surface area contributed by atoms with Gasteiger partial charge in [0.2, 0.25) is 11.8 Å². The number of hydrazine groups is 2. The number of carbonyl (C=O) groups is 2. The standard InChI is InChI=1S/C23H28N4O5S2/c1-14-9-7-10-15(20(14)31-5)22(33)26(2)24-18(28)13-19(29)25-27(3)23(34)16-11-8-12-17(30-4)21(16)32-6/h7-12H,13H2,1-6H3,(H,24,28)(H,25,29). The molecule has 2 rings (SSSR count). The summed E-state index contributed by atoms with van der Waals surface area (Å²) in [6.45, 7) is 1.90. The normalized spacial score (nSPS) is 10.1. The molecule has 11 heteroatoms. The average Bonchev–Trinajstić information content (AvgIpc) is 2.81. The molecule has 2 amide bonds. The predicted octanol–water partition coefficient (Wildman–Crippen LogP) is 2.39. The number of carbonyl (C=O) groups excluding carboxylic acids is 2. The van der Waals surface area contributed by atoms with E-state index in [-0.39, 0.29) is 4.99 Å². The van der Waals surface area contributed by atoms with E-state index in [0.717, 1.165) is 5.56 Å². The number of nitrogens with zero attached hydrogens (tertiary/aromatic N) is 2. The van der Waals surface area contributed by atoms with Crippen molar-refractivity contribution in [3.05, 3.63) is 53.1 Å². The molecule has 0 saturated heterocycles. The molecular weight excluding hydrogens is 476 g/mol. The first kappa shape index (κ1) is 26.8.